The fourth-order valence-corrected chi connectivity index (χ4v) is 3.99. The third-order valence-corrected chi connectivity index (χ3v) is 5.71. The summed E-state index contributed by atoms with van der Waals surface area (Å²) < 4.78 is 5.48. The van der Waals surface area contributed by atoms with Gasteiger partial charge in [0.2, 0.25) is 0 Å². The number of ketones is 1. The molecule has 0 heterocycles. The number of unbranched alkanes of at least 4 members (excludes halogenated alkanes) is 7. The second-order valence-electron chi connectivity index (χ2n) is 7.45. The number of halogens is 2. The maximum atomic E-state index is 13.2. The monoisotopic (exact) mass is 448 g/mol. The number of hydrogen-bond donors (Lipinski definition) is 0. The smallest absolute Gasteiger partial charge is 0.321 e. The number of ether oxygens (including phenoxy) is 1. The highest BCUT2D eigenvalue weighted by Gasteiger charge is 2.33. The topological polar surface area (TPSA) is 43.4 Å². The van der Waals surface area contributed by atoms with E-state index >= 15 is 0 Å². The van der Waals surface area contributed by atoms with Crippen molar-refractivity contribution in [3.05, 3.63) is 69.7 Å². The molecule has 0 aliphatic heterocycles. The minimum Gasteiger partial charge on any atom is -0.465 e. The highest BCUT2D eigenvalue weighted by atomic mass is 35.5. The van der Waals surface area contributed by atoms with Gasteiger partial charge in [-0.1, -0.05) is 111 Å². The molecular weight excluding hydrogens is 419 g/mol. The number of Topliss-reactive ketones (excluding diaryl/α,β-unsaturated/α-hetero) is 1. The van der Waals surface area contributed by atoms with E-state index in [4.69, 9.17) is 27.9 Å². The average molecular weight is 449 g/mol. The molecule has 2 rings (SSSR count). The number of hydrogen-bond acceptors (Lipinski definition) is 3. The van der Waals surface area contributed by atoms with Gasteiger partial charge in [-0.15, -0.1) is 0 Å². The average Bonchev–Trinajstić information content (AvgIpc) is 2.73. The van der Waals surface area contributed by atoms with Crippen LogP contribution in [0.4, 0.5) is 0 Å². The molecule has 2 aromatic rings. The van der Waals surface area contributed by atoms with Crippen LogP contribution in [-0.2, 0) is 9.53 Å². The van der Waals surface area contributed by atoms with Gasteiger partial charge in [-0.05, 0) is 24.1 Å². The summed E-state index contributed by atoms with van der Waals surface area (Å²) in [7, 11) is 0. The first-order chi connectivity index (χ1) is 14.6. The van der Waals surface area contributed by atoms with E-state index in [-0.39, 0.29) is 15.6 Å². The van der Waals surface area contributed by atoms with Gasteiger partial charge in [0.25, 0.3) is 0 Å². The molecule has 0 fully saturated rings. The molecule has 0 amide bonds. The Hall–Kier alpha value is -1.84. The number of carbonyl (C=O) groups excluding carboxylic acids is 2. The Morgan fingerprint density at radius 1 is 0.800 bits per heavy atom. The Balaban J connectivity index is 1.97. The zero-order chi connectivity index (χ0) is 21.8. The molecule has 0 radical (unpaired) electrons. The Labute approximate surface area is 189 Å². The van der Waals surface area contributed by atoms with Gasteiger partial charge in [-0.2, -0.15) is 0 Å². The first kappa shape index (κ1) is 24.4. The van der Waals surface area contributed by atoms with Crippen LogP contribution in [0.3, 0.4) is 0 Å². The third kappa shape index (κ3) is 7.45. The Bertz CT molecular complexity index is 785. The summed E-state index contributed by atoms with van der Waals surface area (Å²) in [6.45, 7) is 2.52. The van der Waals surface area contributed by atoms with Crippen LogP contribution in [0.15, 0.2) is 48.5 Å². The van der Waals surface area contributed by atoms with E-state index in [2.05, 4.69) is 6.92 Å². The zero-order valence-corrected chi connectivity index (χ0v) is 19.1. The standard InChI is InChI=1S/C25H30Cl2O3/c1-2-3-4-5-6-7-8-12-18-30-25(29)22(19-14-10-9-11-15-19)24(28)23-20(26)16-13-17-21(23)27/h9-11,13-17,22H,2-8,12,18H2,1H3. The normalized spacial score (nSPS) is 11.8. The molecule has 0 aliphatic rings. The fraction of sp³-hybridized carbons (Fsp3) is 0.440. The molecular formula is C25H30Cl2O3. The van der Waals surface area contributed by atoms with Crippen LogP contribution < -0.4 is 0 Å². The van der Waals surface area contributed by atoms with Crippen molar-refractivity contribution in [2.75, 3.05) is 6.61 Å². The minimum atomic E-state index is -1.09. The van der Waals surface area contributed by atoms with Crippen LogP contribution in [0.5, 0.6) is 0 Å². The molecule has 0 aromatic heterocycles. The first-order valence-electron chi connectivity index (χ1n) is 10.8. The van der Waals surface area contributed by atoms with Gasteiger partial charge in [0.1, 0.15) is 5.92 Å². The molecule has 30 heavy (non-hydrogen) atoms. The minimum absolute atomic E-state index is 0.152. The molecule has 0 spiro atoms. The first-order valence-corrected chi connectivity index (χ1v) is 11.5. The lowest BCUT2D eigenvalue weighted by atomic mass is 9.90. The second kappa shape index (κ2) is 13.5. The van der Waals surface area contributed by atoms with E-state index in [1.807, 2.05) is 6.07 Å². The van der Waals surface area contributed by atoms with Crippen LogP contribution in [-0.4, -0.2) is 18.4 Å². The van der Waals surface area contributed by atoms with Gasteiger partial charge in [-0.25, -0.2) is 0 Å². The summed E-state index contributed by atoms with van der Waals surface area (Å²) in [5.41, 5.74) is 0.720. The molecule has 1 unspecified atom stereocenters. The van der Waals surface area contributed by atoms with Crippen LogP contribution in [0.25, 0.3) is 0 Å². The molecule has 0 bridgehead atoms. The van der Waals surface area contributed by atoms with E-state index in [1.165, 1.54) is 32.1 Å². The number of esters is 1. The van der Waals surface area contributed by atoms with Gasteiger partial charge < -0.3 is 4.74 Å². The van der Waals surface area contributed by atoms with Crippen LogP contribution in [0.1, 0.15) is 80.1 Å². The van der Waals surface area contributed by atoms with E-state index in [9.17, 15) is 9.59 Å². The van der Waals surface area contributed by atoms with Gasteiger partial charge >= 0.3 is 5.97 Å². The number of benzene rings is 2. The van der Waals surface area contributed by atoms with Crippen LogP contribution in [0, 0.1) is 0 Å². The maximum absolute atomic E-state index is 13.2. The summed E-state index contributed by atoms with van der Waals surface area (Å²) in [4.78, 5) is 26.1. The summed E-state index contributed by atoms with van der Waals surface area (Å²) in [5, 5.41) is 0.452. The van der Waals surface area contributed by atoms with Gasteiger partial charge in [0, 0.05) is 0 Å². The summed E-state index contributed by atoms with van der Waals surface area (Å²) in [6, 6.07) is 13.7. The highest BCUT2D eigenvalue weighted by Crippen LogP contribution is 2.31. The molecule has 162 valence electrons. The molecule has 0 saturated heterocycles. The second-order valence-corrected chi connectivity index (χ2v) is 8.26. The van der Waals surface area contributed by atoms with Crippen molar-refractivity contribution >= 4 is 35.0 Å². The van der Waals surface area contributed by atoms with Gasteiger partial charge in [-0.3, -0.25) is 9.59 Å². The molecule has 5 heteroatoms. The maximum Gasteiger partial charge on any atom is 0.321 e. The lowest BCUT2D eigenvalue weighted by Crippen LogP contribution is -2.25. The van der Waals surface area contributed by atoms with Gasteiger partial charge in [0.05, 0.1) is 22.2 Å². The molecule has 1 atom stereocenters. The molecule has 2 aromatic carbocycles. The van der Waals surface area contributed by atoms with Crippen molar-refractivity contribution in [1.82, 2.24) is 0 Å². The highest BCUT2D eigenvalue weighted by molar-refractivity contribution is 6.40. The third-order valence-electron chi connectivity index (χ3n) is 5.08. The molecule has 0 N–H and O–H groups in total. The molecule has 0 saturated carbocycles. The lowest BCUT2D eigenvalue weighted by molar-refractivity contribution is -0.144. The van der Waals surface area contributed by atoms with Crippen molar-refractivity contribution < 1.29 is 14.3 Å². The SMILES string of the molecule is CCCCCCCCCCOC(=O)C(C(=O)c1c(Cl)cccc1Cl)c1ccccc1. The predicted molar refractivity (Wildman–Crippen MR) is 124 cm³/mol. The van der Waals surface area contributed by atoms with Crippen molar-refractivity contribution in [3.63, 3.8) is 0 Å². The van der Waals surface area contributed by atoms with Crippen molar-refractivity contribution in [2.45, 2.75) is 64.2 Å². The Morgan fingerprint density at radius 3 is 1.97 bits per heavy atom. The van der Waals surface area contributed by atoms with Crippen LogP contribution in [0.2, 0.25) is 10.0 Å². The number of carbonyl (C=O) groups is 2. The largest absolute Gasteiger partial charge is 0.465 e. The predicted octanol–water partition coefficient (Wildman–Crippen LogP) is 7.64. The Kier molecular flexibility index (Phi) is 11.0. The summed E-state index contributed by atoms with van der Waals surface area (Å²) in [6.07, 6.45) is 9.25. The van der Waals surface area contributed by atoms with E-state index in [1.54, 1.807) is 42.5 Å². The van der Waals surface area contributed by atoms with E-state index in [0.717, 1.165) is 19.3 Å². The van der Waals surface area contributed by atoms with Crippen LogP contribution >= 0.6 is 23.2 Å². The molecule has 0 aliphatic carbocycles. The quantitative estimate of drug-likeness (QED) is 0.137. The summed E-state index contributed by atoms with van der Waals surface area (Å²) >= 11 is 12.4. The zero-order valence-electron chi connectivity index (χ0n) is 17.5. The van der Waals surface area contributed by atoms with Crippen molar-refractivity contribution in [2.24, 2.45) is 0 Å². The molecule has 3 nitrogen and oxygen atoms in total. The summed E-state index contributed by atoms with van der Waals surface area (Å²) in [5.74, 6) is -2.10. The van der Waals surface area contributed by atoms with Crippen molar-refractivity contribution in [1.29, 1.82) is 0 Å². The van der Waals surface area contributed by atoms with Gasteiger partial charge in [0.15, 0.2) is 5.78 Å². The van der Waals surface area contributed by atoms with Crippen molar-refractivity contribution in [3.8, 4) is 0 Å². The fourth-order valence-electron chi connectivity index (χ4n) is 3.41. The number of rotatable bonds is 13. The van der Waals surface area contributed by atoms with E-state index < -0.39 is 17.7 Å². The Morgan fingerprint density at radius 2 is 1.37 bits per heavy atom. The van der Waals surface area contributed by atoms with E-state index in [0.29, 0.717) is 12.2 Å². The lowest BCUT2D eigenvalue weighted by Gasteiger charge is -2.17.